The second kappa shape index (κ2) is 7.09. The van der Waals surface area contributed by atoms with E-state index in [0.717, 1.165) is 24.7 Å². The fourth-order valence-corrected chi connectivity index (χ4v) is 4.27. The molecule has 0 N–H and O–H groups in total. The van der Waals surface area contributed by atoms with Crippen molar-refractivity contribution >= 4 is 5.91 Å². The third-order valence-electron chi connectivity index (χ3n) is 5.81. The van der Waals surface area contributed by atoms with Crippen LogP contribution in [0.1, 0.15) is 25.7 Å². The van der Waals surface area contributed by atoms with Crippen LogP contribution < -0.4 is 4.74 Å². The molecule has 1 aromatic rings. The largest absolute Gasteiger partial charge is 0.484 e. The minimum atomic E-state index is -0.306. The van der Waals surface area contributed by atoms with Crippen molar-refractivity contribution in [2.24, 2.45) is 11.8 Å². The summed E-state index contributed by atoms with van der Waals surface area (Å²) >= 11 is 0. The lowest BCUT2D eigenvalue weighted by Crippen LogP contribution is -2.39. The van der Waals surface area contributed by atoms with E-state index in [1.807, 2.05) is 11.9 Å². The van der Waals surface area contributed by atoms with Crippen LogP contribution in [-0.4, -0.2) is 55.5 Å². The average Bonchev–Trinajstić information content (AvgIpc) is 3.12. The molecule has 2 fully saturated rings. The number of likely N-dealkylation sites (N-methyl/N-ethyl adjacent to an activating group) is 1. The Bertz CT molecular complexity index is 561. The standard InChI is InChI=1S/C19H27FN2O2/c1-21(2)16-8-13-10-17(11-14(13)9-16)22(3)19(23)12-24-18-6-4-15(20)5-7-18/h4-7,13-14,16-17H,8-12H2,1-3H3/t13-,14+,16?,17?. The van der Waals surface area contributed by atoms with Gasteiger partial charge in [-0.3, -0.25) is 4.79 Å². The fraction of sp³-hybridized carbons (Fsp3) is 0.632. The normalized spacial score (nSPS) is 28.9. The van der Waals surface area contributed by atoms with Gasteiger partial charge in [0.1, 0.15) is 11.6 Å². The zero-order chi connectivity index (χ0) is 17.3. The van der Waals surface area contributed by atoms with Crippen molar-refractivity contribution < 1.29 is 13.9 Å². The smallest absolute Gasteiger partial charge is 0.260 e. The van der Waals surface area contributed by atoms with Crippen molar-refractivity contribution in [3.05, 3.63) is 30.1 Å². The van der Waals surface area contributed by atoms with Gasteiger partial charge in [0.15, 0.2) is 6.61 Å². The summed E-state index contributed by atoms with van der Waals surface area (Å²) in [6, 6.07) is 6.79. The number of halogens is 1. The van der Waals surface area contributed by atoms with Gasteiger partial charge < -0.3 is 14.5 Å². The summed E-state index contributed by atoms with van der Waals surface area (Å²) in [5, 5.41) is 0. The van der Waals surface area contributed by atoms with Gasteiger partial charge in [0.25, 0.3) is 5.91 Å². The summed E-state index contributed by atoms with van der Waals surface area (Å²) in [7, 11) is 6.20. The van der Waals surface area contributed by atoms with Crippen LogP contribution in [-0.2, 0) is 4.79 Å². The van der Waals surface area contributed by atoms with Crippen molar-refractivity contribution in [2.45, 2.75) is 37.8 Å². The van der Waals surface area contributed by atoms with Gasteiger partial charge in [0.05, 0.1) is 0 Å². The Morgan fingerprint density at radius 3 is 2.12 bits per heavy atom. The number of carbonyl (C=O) groups excluding carboxylic acids is 1. The van der Waals surface area contributed by atoms with Crippen molar-refractivity contribution in [3.8, 4) is 5.75 Å². The number of amides is 1. The third-order valence-corrected chi connectivity index (χ3v) is 5.81. The fourth-order valence-electron chi connectivity index (χ4n) is 4.27. The van der Waals surface area contributed by atoms with E-state index in [1.54, 1.807) is 12.1 Å². The summed E-state index contributed by atoms with van der Waals surface area (Å²) < 4.78 is 18.4. The van der Waals surface area contributed by atoms with Gasteiger partial charge in [-0.25, -0.2) is 4.39 Å². The van der Waals surface area contributed by atoms with Crippen LogP contribution in [0.2, 0.25) is 0 Å². The SMILES string of the molecule is CN(C)C1C[C@@H]2CC(N(C)C(=O)COc3ccc(F)cc3)C[C@@H]2C1. The molecular weight excluding hydrogens is 307 g/mol. The zero-order valence-corrected chi connectivity index (χ0v) is 14.7. The molecule has 2 unspecified atom stereocenters. The van der Waals surface area contributed by atoms with Gasteiger partial charge in [-0.2, -0.15) is 0 Å². The molecule has 3 rings (SSSR count). The van der Waals surface area contributed by atoms with Crippen LogP contribution in [0.4, 0.5) is 4.39 Å². The minimum absolute atomic E-state index is 0.00606. The molecule has 0 aromatic heterocycles. The first-order chi connectivity index (χ1) is 11.4. The first kappa shape index (κ1) is 17.2. The predicted octanol–water partition coefficient (Wildman–Crippen LogP) is 2.78. The lowest BCUT2D eigenvalue weighted by atomic mass is 10.0. The summed E-state index contributed by atoms with van der Waals surface area (Å²) in [6.07, 6.45) is 4.71. The van der Waals surface area contributed by atoms with Gasteiger partial charge in [0, 0.05) is 19.1 Å². The quantitative estimate of drug-likeness (QED) is 0.830. The maximum atomic E-state index is 12.9. The number of hydrogen-bond acceptors (Lipinski definition) is 3. The van der Waals surface area contributed by atoms with Crippen LogP contribution in [0.15, 0.2) is 24.3 Å². The molecule has 0 spiro atoms. The van der Waals surface area contributed by atoms with E-state index in [-0.39, 0.29) is 18.3 Å². The first-order valence-electron chi connectivity index (χ1n) is 8.74. The van der Waals surface area contributed by atoms with E-state index < -0.39 is 0 Å². The maximum Gasteiger partial charge on any atom is 0.260 e. The zero-order valence-electron chi connectivity index (χ0n) is 14.7. The van der Waals surface area contributed by atoms with Crippen molar-refractivity contribution in [1.82, 2.24) is 9.80 Å². The lowest BCUT2D eigenvalue weighted by molar-refractivity contribution is -0.134. The average molecular weight is 334 g/mol. The molecule has 4 atom stereocenters. The van der Waals surface area contributed by atoms with Gasteiger partial charge in [-0.1, -0.05) is 0 Å². The van der Waals surface area contributed by atoms with Crippen LogP contribution in [0.3, 0.4) is 0 Å². The first-order valence-corrected chi connectivity index (χ1v) is 8.74. The number of ether oxygens (including phenoxy) is 1. The number of hydrogen-bond donors (Lipinski definition) is 0. The Morgan fingerprint density at radius 2 is 1.58 bits per heavy atom. The highest BCUT2D eigenvalue weighted by Crippen LogP contribution is 2.46. The van der Waals surface area contributed by atoms with Crippen LogP contribution >= 0.6 is 0 Å². The van der Waals surface area contributed by atoms with Crippen LogP contribution in [0, 0.1) is 17.7 Å². The Hall–Kier alpha value is -1.62. The molecule has 5 heteroatoms. The molecule has 1 aromatic carbocycles. The predicted molar refractivity (Wildman–Crippen MR) is 91.4 cm³/mol. The highest BCUT2D eigenvalue weighted by Gasteiger charge is 2.44. The number of carbonyl (C=O) groups is 1. The molecule has 0 heterocycles. The van der Waals surface area contributed by atoms with Gasteiger partial charge in [0.2, 0.25) is 0 Å². The Kier molecular flexibility index (Phi) is 5.09. The molecule has 24 heavy (non-hydrogen) atoms. The Labute approximate surface area is 143 Å². The number of benzene rings is 1. The van der Waals surface area contributed by atoms with Crippen molar-refractivity contribution in [2.75, 3.05) is 27.7 Å². The van der Waals surface area contributed by atoms with E-state index in [4.69, 9.17) is 4.74 Å². The highest BCUT2D eigenvalue weighted by molar-refractivity contribution is 5.77. The molecule has 0 radical (unpaired) electrons. The number of rotatable bonds is 5. The second-order valence-corrected chi connectivity index (χ2v) is 7.48. The summed E-state index contributed by atoms with van der Waals surface area (Å²) in [6.45, 7) is 0.00822. The molecular formula is C19H27FN2O2. The molecule has 132 valence electrons. The van der Waals surface area contributed by atoms with E-state index in [2.05, 4.69) is 19.0 Å². The van der Waals surface area contributed by atoms with E-state index in [1.165, 1.54) is 25.0 Å². The Balaban J connectivity index is 1.48. The molecule has 2 aliphatic carbocycles. The summed E-state index contributed by atoms with van der Waals surface area (Å²) in [5.41, 5.74) is 0. The molecule has 2 aliphatic rings. The summed E-state index contributed by atoms with van der Waals surface area (Å²) in [4.78, 5) is 16.6. The van der Waals surface area contributed by atoms with E-state index in [9.17, 15) is 9.18 Å². The molecule has 0 saturated heterocycles. The topological polar surface area (TPSA) is 32.8 Å². The van der Waals surface area contributed by atoms with Gasteiger partial charge in [-0.15, -0.1) is 0 Å². The molecule has 0 aliphatic heterocycles. The van der Waals surface area contributed by atoms with Crippen LogP contribution in [0.5, 0.6) is 5.75 Å². The number of nitrogens with zero attached hydrogens (tertiary/aromatic N) is 2. The van der Waals surface area contributed by atoms with E-state index >= 15 is 0 Å². The number of fused-ring (bicyclic) bond motifs is 1. The van der Waals surface area contributed by atoms with Gasteiger partial charge in [-0.05, 0) is 75.9 Å². The maximum absolute atomic E-state index is 12.9. The minimum Gasteiger partial charge on any atom is -0.484 e. The summed E-state index contributed by atoms with van der Waals surface area (Å²) in [5.74, 6) is 1.70. The van der Waals surface area contributed by atoms with Crippen LogP contribution in [0.25, 0.3) is 0 Å². The van der Waals surface area contributed by atoms with E-state index in [0.29, 0.717) is 17.8 Å². The second-order valence-electron chi connectivity index (χ2n) is 7.48. The van der Waals surface area contributed by atoms with Crippen molar-refractivity contribution in [3.63, 3.8) is 0 Å². The monoisotopic (exact) mass is 334 g/mol. The molecule has 1 amide bonds. The molecule has 0 bridgehead atoms. The Morgan fingerprint density at radius 1 is 1.04 bits per heavy atom. The lowest BCUT2D eigenvalue weighted by Gasteiger charge is -2.27. The highest BCUT2D eigenvalue weighted by atomic mass is 19.1. The van der Waals surface area contributed by atoms with Gasteiger partial charge >= 0.3 is 0 Å². The molecule has 2 saturated carbocycles. The molecule has 4 nitrogen and oxygen atoms in total. The van der Waals surface area contributed by atoms with Crippen molar-refractivity contribution in [1.29, 1.82) is 0 Å². The third kappa shape index (κ3) is 3.72.